The fraction of sp³-hybridized carbons (Fsp3) is 0.167. The monoisotopic (exact) mass is 641 g/mol. The molecule has 0 saturated carbocycles. The van der Waals surface area contributed by atoms with Gasteiger partial charge in [0.1, 0.15) is 0 Å². The average Bonchev–Trinajstić information content (AvgIpc) is 3.01. The molecule has 0 amide bonds. The molecule has 0 atom stereocenters. The number of carbonyl (C=O) groups is 2. The maximum Gasteiger partial charge on any atom is 0.194 e. The number of pyridine rings is 1. The van der Waals surface area contributed by atoms with E-state index in [0.29, 0.717) is 0 Å². The van der Waals surface area contributed by atoms with Crippen LogP contribution in [0.5, 0.6) is 0 Å². The molecule has 5 rings (SSSR count). The second-order valence-electron chi connectivity index (χ2n) is 8.81. The molecular weight excluding hydrogens is 615 g/mol. The van der Waals surface area contributed by atoms with Crippen LogP contribution in [0.15, 0.2) is 66.6 Å². The van der Waals surface area contributed by atoms with Crippen LogP contribution in [0.1, 0.15) is 46.5 Å². The zero-order chi connectivity index (χ0) is 24.6. The summed E-state index contributed by atoms with van der Waals surface area (Å²) in [6.07, 6.45) is 3.00. The van der Waals surface area contributed by atoms with E-state index in [1.165, 1.54) is 25.5 Å². The van der Waals surface area contributed by atoms with Crippen molar-refractivity contribution in [1.29, 1.82) is 0 Å². The van der Waals surface area contributed by atoms with Crippen LogP contribution in [0, 0.1) is 26.8 Å². The third kappa shape index (κ3) is 5.48. The molecule has 3 aromatic carbocycles. The largest absolute Gasteiger partial charge is 0.512 e. The summed E-state index contributed by atoms with van der Waals surface area (Å²) < 4.78 is 0. The molecule has 1 heterocycles. The van der Waals surface area contributed by atoms with Crippen molar-refractivity contribution in [3.63, 3.8) is 0 Å². The molecule has 35 heavy (non-hydrogen) atoms. The molecule has 1 aliphatic carbocycles. The normalized spacial score (nSPS) is 11.8. The number of benzene rings is 3. The van der Waals surface area contributed by atoms with Gasteiger partial charge in [0.25, 0.3) is 0 Å². The van der Waals surface area contributed by atoms with Crippen molar-refractivity contribution in [3.05, 3.63) is 100 Å². The van der Waals surface area contributed by atoms with Gasteiger partial charge in [0, 0.05) is 43.5 Å². The molecule has 0 unspecified atom stereocenters. The van der Waals surface area contributed by atoms with Gasteiger partial charge in [0.15, 0.2) is 11.6 Å². The van der Waals surface area contributed by atoms with Crippen LogP contribution in [0.25, 0.3) is 33.2 Å². The second-order valence-corrected chi connectivity index (χ2v) is 8.81. The van der Waals surface area contributed by atoms with E-state index < -0.39 is 0 Å². The summed E-state index contributed by atoms with van der Waals surface area (Å²) in [5.41, 5.74) is 8.89. The van der Waals surface area contributed by atoms with Gasteiger partial charge in [-0.2, -0.15) is 0 Å². The van der Waals surface area contributed by atoms with E-state index >= 15 is 0 Å². The van der Waals surface area contributed by atoms with Crippen molar-refractivity contribution in [2.24, 2.45) is 0 Å². The summed E-state index contributed by atoms with van der Waals surface area (Å²) in [4.78, 5) is 27.6. The Hall–Kier alpha value is -3.40. The molecule has 1 aliphatic rings. The number of nitrogens with zero attached hydrogens (tertiary/aromatic N) is 1. The minimum Gasteiger partial charge on any atom is -0.512 e. The third-order valence-corrected chi connectivity index (χ3v) is 5.67. The minimum atomic E-state index is -0.125. The summed E-state index contributed by atoms with van der Waals surface area (Å²) in [5.74, 6) is 0.0357. The van der Waals surface area contributed by atoms with Gasteiger partial charge in [-0.05, 0) is 66.6 Å². The second kappa shape index (κ2) is 10.5. The van der Waals surface area contributed by atoms with Crippen LogP contribution in [-0.2, 0) is 24.9 Å². The zero-order valence-corrected chi connectivity index (χ0v) is 22.7. The van der Waals surface area contributed by atoms with Gasteiger partial charge < -0.3 is 10.1 Å². The first-order valence-electron chi connectivity index (χ1n) is 11.1. The predicted octanol–water partition coefficient (Wildman–Crippen LogP) is 6.87. The fourth-order valence-corrected chi connectivity index (χ4v) is 4.39. The molecule has 0 spiro atoms. The predicted molar refractivity (Wildman–Crippen MR) is 136 cm³/mol. The SMILES string of the molecule is CC(=O)/C=C(/C)O.Cc1[c-]c(-c2nccc3cc4c(cc23)C(=O)c2ccc(C)cc2-4)cc(C)c1.[Ir]. The van der Waals surface area contributed by atoms with Crippen LogP contribution in [0.4, 0.5) is 0 Å². The smallest absolute Gasteiger partial charge is 0.194 e. The topological polar surface area (TPSA) is 67.3 Å². The van der Waals surface area contributed by atoms with E-state index in [0.717, 1.165) is 55.4 Å². The standard InChI is InChI=1S/C25H18NO.C5H8O2.Ir/c1-14-4-5-19-21(11-14)22-12-17-6-7-26-24(20(17)13-23(22)25(19)27)18-9-15(2)8-16(3)10-18;1-4(6)3-5(2)7;/h4-9,11-13H,1-3H3;3,6H,1-2H3;/q-1;;/b;4-3-;. The number of rotatable bonds is 2. The number of fused-ring (bicyclic) bond motifs is 4. The number of hydrogen-bond donors (Lipinski definition) is 1. The Morgan fingerprint density at radius 2 is 1.60 bits per heavy atom. The van der Waals surface area contributed by atoms with Crippen LogP contribution >= 0.6 is 0 Å². The Labute approximate surface area is 219 Å². The van der Waals surface area contributed by atoms with Gasteiger partial charge in [-0.3, -0.25) is 9.59 Å². The van der Waals surface area contributed by atoms with Gasteiger partial charge >= 0.3 is 0 Å². The number of allylic oxidation sites excluding steroid dienone is 2. The van der Waals surface area contributed by atoms with Crippen molar-refractivity contribution >= 4 is 22.3 Å². The van der Waals surface area contributed by atoms with Gasteiger partial charge in [0.2, 0.25) is 0 Å². The van der Waals surface area contributed by atoms with Crippen molar-refractivity contribution in [1.82, 2.24) is 4.98 Å². The van der Waals surface area contributed by atoms with E-state index in [1.54, 1.807) is 0 Å². The zero-order valence-electron chi connectivity index (χ0n) is 20.3. The number of aliphatic hydroxyl groups excluding tert-OH is 1. The maximum atomic E-state index is 13.0. The number of carbonyl (C=O) groups excluding carboxylic acids is 2. The van der Waals surface area contributed by atoms with Crippen LogP contribution in [0.3, 0.4) is 0 Å². The minimum absolute atomic E-state index is 0. The van der Waals surface area contributed by atoms with Gasteiger partial charge in [-0.15, -0.1) is 34.9 Å². The van der Waals surface area contributed by atoms with E-state index in [9.17, 15) is 9.59 Å². The summed E-state index contributed by atoms with van der Waals surface area (Å²) in [5, 5.41) is 10.4. The van der Waals surface area contributed by atoms with Crippen LogP contribution in [0.2, 0.25) is 0 Å². The van der Waals surface area contributed by atoms with Crippen LogP contribution in [-0.4, -0.2) is 21.7 Å². The van der Waals surface area contributed by atoms with E-state index in [-0.39, 0.29) is 37.4 Å². The number of aryl methyl sites for hydroxylation is 3. The van der Waals surface area contributed by atoms with Crippen molar-refractivity contribution in [2.75, 3.05) is 0 Å². The Morgan fingerprint density at radius 3 is 2.23 bits per heavy atom. The van der Waals surface area contributed by atoms with E-state index in [4.69, 9.17) is 5.11 Å². The molecule has 0 bridgehead atoms. The molecule has 0 saturated heterocycles. The van der Waals surface area contributed by atoms with Crippen molar-refractivity contribution < 1.29 is 34.8 Å². The van der Waals surface area contributed by atoms with Crippen LogP contribution < -0.4 is 0 Å². The first-order valence-corrected chi connectivity index (χ1v) is 11.1. The number of aliphatic hydroxyl groups is 1. The quantitative estimate of drug-likeness (QED) is 0.130. The molecule has 179 valence electrons. The summed E-state index contributed by atoms with van der Waals surface area (Å²) in [6.45, 7) is 9.03. The molecule has 4 aromatic rings. The number of ketones is 2. The first kappa shape index (κ1) is 26.2. The first-order chi connectivity index (χ1) is 16.1. The van der Waals surface area contributed by atoms with Gasteiger partial charge in [-0.1, -0.05) is 37.6 Å². The third-order valence-electron chi connectivity index (χ3n) is 5.67. The number of hydrogen-bond acceptors (Lipinski definition) is 4. The average molecular weight is 641 g/mol. The van der Waals surface area contributed by atoms with Gasteiger partial charge in [-0.25, -0.2) is 0 Å². The Kier molecular flexibility index (Phi) is 7.84. The van der Waals surface area contributed by atoms with E-state index in [1.807, 2.05) is 37.4 Å². The number of aromatic nitrogens is 1. The van der Waals surface area contributed by atoms with Crippen molar-refractivity contribution in [3.8, 4) is 22.4 Å². The Bertz CT molecular complexity index is 1480. The molecule has 5 heteroatoms. The van der Waals surface area contributed by atoms with Gasteiger partial charge in [0.05, 0.1) is 5.76 Å². The molecule has 4 nitrogen and oxygen atoms in total. The molecule has 0 aliphatic heterocycles. The molecular formula is C30H26IrNO3-. The Balaban J connectivity index is 0.000000378. The maximum absolute atomic E-state index is 13.0. The summed E-state index contributed by atoms with van der Waals surface area (Å²) >= 11 is 0. The molecule has 1 radical (unpaired) electrons. The summed E-state index contributed by atoms with van der Waals surface area (Å²) in [7, 11) is 0. The van der Waals surface area contributed by atoms with E-state index in [2.05, 4.69) is 49.2 Å². The van der Waals surface area contributed by atoms with Crippen molar-refractivity contribution in [2.45, 2.75) is 34.6 Å². The molecule has 1 aromatic heterocycles. The summed E-state index contributed by atoms with van der Waals surface area (Å²) in [6, 6.07) is 19.8. The molecule has 1 N–H and O–H groups in total. The Morgan fingerprint density at radius 1 is 0.886 bits per heavy atom. The fourth-order valence-electron chi connectivity index (χ4n) is 4.39. The molecule has 0 fully saturated rings.